The van der Waals surface area contributed by atoms with E-state index in [1.165, 1.54) is 0 Å². The van der Waals surface area contributed by atoms with E-state index in [1.54, 1.807) is 79.6 Å². The van der Waals surface area contributed by atoms with Crippen molar-refractivity contribution < 1.29 is 37.9 Å². The zero-order valence-corrected chi connectivity index (χ0v) is 23.1. The maximum atomic E-state index is 13.7. The normalized spacial score (nSPS) is 18.3. The minimum Gasteiger partial charge on any atom is -0.508 e. The smallest absolute Gasteiger partial charge is 0.305 e. The van der Waals surface area contributed by atoms with Gasteiger partial charge in [-0.3, -0.25) is 14.4 Å². The fourth-order valence-corrected chi connectivity index (χ4v) is 5.93. The molecule has 0 aromatic heterocycles. The Morgan fingerprint density at radius 1 is 1.07 bits per heavy atom. The third-order valence-corrected chi connectivity index (χ3v) is 7.73. The Kier molecular flexibility index (Phi) is 10.2. The van der Waals surface area contributed by atoms with Gasteiger partial charge in [0.05, 0.1) is 23.9 Å². The van der Waals surface area contributed by atoms with Gasteiger partial charge in [0.1, 0.15) is 6.04 Å². The SMILES string of the molecule is CC(C)C(NS(=O)(=O)Cc1ccccc1)C1=NOC(Cc2ccccc2)(C(=O)N[C@@H](CC(=O)O)C(=O)C[NH+]=[N-])C1. The molecule has 4 N–H and O–H groups in total. The lowest BCUT2D eigenvalue weighted by Gasteiger charge is -2.28. The number of amides is 1. The Balaban J connectivity index is 1.88. The van der Waals surface area contributed by atoms with Crippen LogP contribution in [-0.2, 0) is 41.4 Å². The Hall–Kier alpha value is -3.97. The molecule has 2 aromatic carbocycles. The van der Waals surface area contributed by atoms with Crippen molar-refractivity contribution in [3.8, 4) is 0 Å². The van der Waals surface area contributed by atoms with Crippen LogP contribution in [0.5, 0.6) is 0 Å². The Morgan fingerprint density at radius 3 is 2.23 bits per heavy atom. The standard InChI is InChI=1S/C27H33N5O7S/c1-18(2)25(32-40(37,38)17-20-11-7-4-8-12-20)22-15-27(39-31-22,14-19-9-5-3-6-10-19)26(36)30-21(13-24(34)35)23(33)16-29-28/h3-12,18,21,25,29,32H,13-17H2,1-2H3,(H,30,36)(H,34,35)/t21-,25?,27?/m0/s1. The number of oxime groups is 1. The van der Waals surface area contributed by atoms with E-state index in [2.05, 4.69) is 15.2 Å². The summed E-state index contributed by atoms with van der Waals surface area (Å²) in [5.41, 5.74) is 8.83. The van der Waals surface area contributed by atoms with Crippen molar-refractivity contribution >= 4 is 33.4 Å². The minimum atomic E-state index is -3.81. The summed E-state index contributed by atoms with van der Waals surface area (Å²) in [4.78, 5) is 43.2. The highest BCUT2D eigenvalue weighted by atomic mass is 32.2. The molecular formula is C27H33N5O7S. The zero-order valence-electron chi connectivity index (χ0n) is 22.2. The van der Waals surface area contributed by atoms with Crippen molar-refractivity contribution in [3.63, 3.8) is 0 Å². The van der Waals surface area contributed by atoms with Crippen LogP contribution in [0, 0.1) is 5.92 Å². The predicted octanol–water partition coefficient (Wildman–Crippen LogP) is 0.519. The Labute approximate surface area is 232 Å². The molecule has 1 heterocycles. The summed E-state index contributed by atoms with van der Waals surface area (Å²) in [6.07, 6.45) is -0.813. The van der Waals surface area contributed by atoms with E-state index in [-0.39, 0.29) is 30.2 Å². The highest BCUT2D eigenvalue weighted by Crippen LogP contribution is 2.32. The van der Waals surface area contributed by atoms with Crippen LogP contribution >= 0.6 is 0 Å². The van der Waals surface area contributed by atoms with Crippen molar-refractivity contribution in [2.75, 3.05) is 6.54 Å². The molecule has 12 nitrogen and oxygen atoms in total. The van der Waals surface area contributed by atoms with E-state index in [1.807, 2.05) is 0 Å². The molecule has 0 saturated heterocycles. The maximum absolute atomic E-state index is 13.7. The molecule has 1 aliphatic rings. The molecule has 2 unspecified atom stereocenters. The first kappa shape index (κ1) is 30.6. The summed E-state index contributed by atoms with van der Waals surface area (Å²) in [6.45, 7) is 3.03. The second kappa shape index (κ2) is 13.4. The van der Waals surface area contributed by atoms with E-state index in [9.17, 15) is 27.9 Å². The molecule has 40 heavy (non-hydrogen) atoms. The second-order valence-electron chi connectivity index (χ2n) is 10.0. The molecule has 0 fully saturated rings. The number of ketones is 1. The van der Waals surface area contributed by atoms with Crippen molar-refractivity contribution in [2.45, 2.75) is 56.5 Å². The molecule has 0 bridgehead atoms. The number of hydrogen-bond acceptors (Lipinski definition) is 7. The molecule has 2 aromatic rings. The van der Waals surface area contributed by atoms with E-state index >= 15 is 0 Å². The molecule has 3 rings (SSSR count). The highest BCUT2D eigenvalue weighted by molar-refractivity contribution is 7.88. The van der Waals surface area contributed by atoms with Crippen LogP contribution in [0.1, 0.15) is 37.8 Å². The number of aliphatic carboxylic acids is 1. The molecule has 3 atom stereocenters. The van der Waals surface area contributed by atoms with E-state index in [0.717, 1.165) is 0 Å². The minimum absolute atomic E-state index is 0.0144. The highest BCUT2D eigenvalue weighted by Gasteiger charge is 2.49. The van der Waals surface area contributed by atoms with Gasteiger partial charge >= 0.3 is 5.97 Å². The average molecular weight is 572 g/mol. The summed E-state index contributed by atoms with van der Waals surface area (Å²) < 4.78 is 28.8. The third kappa shape index (κ3) is 8.26. The van der Waals surface area contributed by atoms with Gasteiger partial charge in [0.2, 0.25) is 21.4 Å². The van der Waals surface area contributed by atoms with Gasteiger partial charge in [-0.15, -0.1) is 0 Å². The van der Waals surface area contributed by atoms with Gasteiger partial charge in [0.25, 0.3) is 5.91 Å². The number of sulfonamides is 1. The number of nitrogens with zero attached hydrogens (tertiary/aromatic N) is 2. The number of carboxylic acid groups (broad SMARTS) is 1. The van der Waals surface area contributed by atoms with Gasteiger partial charge < -0.3 is 25.9 Å². The quantitative estimate of drug-likeness (QED) is 0.224. The summed E-state index contributed by atoms with van der Waals surface area (Å²) >= 11 is 0. The number of benzene rings is 2. The lowest BCUT2D eigenvalue weighted by molar-refractivity contribution is -0.467. The summed E-state index contributed by atoms with van der Waals surface area (Å²) in [7, 11) is -3.81. The molecule has 0 saturated carbocycles. The summed E-state index contributed by atoms with van der Waals surface area (Å²) in [6, 6.07) is 15.3. The first-order chi connectivity index (χ1) is 18.9. The van der Waals surface area contributed by atoms with Gasteiger partial charge in [-0.25, -0.2) is 13.1 Å². The van der Waals surface area contributed by atoms with Gasteiger partial charge in [-0.2, -0.15) is 0 Å². The summed E-state index contributed by atoms with van der Waals surface area (Å²) in [5.74, 6) is -3.38. The maximum Gasteiger partial charge on any atom is 0.305 e. The molecular weight excluding hydrogens is 538 g/mol. The number of hydrogen-bond donors (Lipinski definition) is 4. The molecule has 0 aliphatic carbocycles. The lowest BCUT2D eigenvalue weighted by Crippen LogP contribution is -2.68. The van der Waals surface area contributed by atoms with E-state index < -0.39 is 58.3 Å². The molecule has 0 radical (unpaired) electrons. The van der Waals surface area contributed by atoms with Gasteiger partial charge in [-0.05, 0) is 17.0 Å². The third-order valence-electron chi connectivity index (χ3n) is 6.41. The van der Waals surface area contributed by atoms with Crippen LogP contribution in [0.25, 0.3) is 5.53 Å². The van der Waals surface area contributed by atoms with Crippen molar-refractivity contribution in [2.24, 2.45) is 11.1 Å². The Bertz CT molecular complexity index is 1350. The van der Waals surface area contributed by atoms with Crippen molar-refractivity contribution in [1.29, 1.82) is 0 Å². The van der Waals surface area contributed by atoms with Crippen LogP contribution < -0.4 is 15.2 Å². The topological polar surface area (TPSA) is 188 Å². The first-order valence-corrected chi connectivity index (χ1v) is 14.3. The van der Waals surface area contributed by atoms with Crippen LogP contribution in [-0.4, -0.2) is 61.1 Å². The van der Waals surface area contributed by atoms with Gasteiger partial charge in [0.15, 0.2) is 6.54 Å². The summed E-state index contributed by atoms with van der Waals surface area (Å²) in [5, 5.41) is 17.5. The number of nitrogens with one attached hydrogen (secondary N) is 3. The van der Waals surface area contributed by atoms with Crippen LogP contribution in [0.2, 0.25) is 0 Å². The monoisotopic (exact) mass is 571 g/mol. The van der Waals surface area contributed by atoms with Crippen LogP contribution in [0.3, 0.4) is 0 Å². The number of carbonyl (C=O) groups is 3. The molecule has 214 valence electrons. The molecule has 1 amide bonds. The van der Waals surface area contributed by atoms with Gasteiger partial charge in [-0.1, -0.05) is 79.7 Å². The average Bonchev–Trinajstić information content (AvgIpc) is 3.32. The number of rotatable bonds is 15. The lowest BCUT2D eigenvalue weighted by atomic mass is 9.85. The zero-order chi connectivity index (χ0) is 29.3. The predicted molar refractivity (Wildman–Crippen MR) is 145 cm³/mol. The molecule has 13 heteroatoms. The van der Waals surface area contributed by atoms with Crippen molar-refractivity contribution in [3.05, 3.63) is 77.3 Å². The fraction of sp³-hybridized carbons (Fsp3) is 0.407. The Morgan fingerprint density at radius 2 is 1.68 bits per heavy atom. The fourth-order valence-electron chi connectivity index (χ4n) is 4.42. The van der Waals surface area contributed by atoms with Gasteiger partial charge in [0, 0.05) is 12.8 Å². The number of carbonyl (C=O) groups excluding carboxylic acids is 2. The largest absolute Gasteiger partial charge is 0.508 e. The molecule has 0 spiro atoms. The van der Waals surface area contributed by atoms with Crippen molar-refractivity contribution in [1.82, 2.24) is 10.0 Å². The van der Waals surface area contributed by atoms with E-state index in [4.69, 9.17) is 10.4 Å². The number of Topliss-reactive ketones (excluding diaryl/α,β-unsaturated/α-hetero) is 1. The second-order valence-corrected chi connectivity index (χ2v) is 11.8. The number of carboxylic acids is 1. The molecule has 1 aliphatic heterocycles. The first-order valence-electron chi connectivity index (χ1n) is 12.7. The van der Waals surface area contributed by atoms with E-state index in [0.29, 0.717) is 11.1 Å². The van der Waals surface area contributed by atoms with Crippen LogP contribution in [0.4, 0.5) is 0 Å². The van der Waals surface area contributed by atoms with Crippen LogP contribution in [0.15, 0.2) is 65.8 Å².